The number of nitrogens with one attached hydrogen (secondary N) is 1. The number of nitrogens with zero attached hydrogens (tertiary/aromatic N) is 4. The van der Waals surface area contributed by atoms with E-state index in [4.69, 9.17) is 4.98 Å². The number of carbonyl (C=O) groups is 1. The van der Waals surface area contributed by atoms with Crippen LogP contribution in [0.2, 0.25) is 0 Å². The highest BCUT2D eigenvalue weighted by Crippen LogP contribution is 2.38. The number of amides is 1. The molecule has 6 nitrogen and oxygen atoms in total. The van der Waals surface area contributed by atoms with E-state index < -0.39 is 0 Å². The third-order valence-electron chi connectivity index (χ3n) is 6.95. The molecule has 2 aromatic carbocycles. The number of hydrogen-bond acceptors (Lipinski definition) is 3. The lowest BCUT2D eigenvalue weighted by molar-refractivity contribution is 0.0701. The number of likely N-dealkylation sites (tertiary alicyclic amines) is 1. The first-order chi connectivity index (χ1) is 16.2. The van der Waals surface area contributed by atoms with Crippen LogP contribution in [-0.4, -0.2) is 43.6 Å². The lowest BCUT2D eigenvalue weighted by atomic mass is 9.96. The van der Waals surface area contributed by atoms with Gasteiger partial charge in [0.1, 0.15) is 17.3 Å². The van der Waals surface area contributed by atoms with Crippen molar-refractivity contribution in [3.05, 3.63) is 83.3 Å². The van der Waals surface area contributed by atoms with Crippen molar-refractivity contribution in [2.75, 3.05) is 13.1 Å². The first kappa shape index (κ1) is 20.1. The number of H-pyrrole nitrogens is 1. The zero-order valence-electron chi connectivity index (χ0n) is 18.4. The Morgan fingerprint density at radius 1 is 1.00 bits per heavy atom. The normalized spacial score (nSPS) is 17.1. The van der Waals surface area contributed by atoms with Crippen molar-refractivity contribution >= 4 is 16.8 Å². The van der Waals surface area contributed by atoms with Gasteiger partial charge in [0.05, 0.1) is 6.54 Å². The summed E-state index contributed by atoms with van der Waals surface area (Å²) in [6, 6.07) is 16.6. The third-order valence-corrected chi connectivity index (χ3v) is 6.95. The molecule has 3 heterocycles. The van der Waals surface area contributed by atoms with Gasteiger partial charge in [-0.05, 0) is 43.9 Å². The van der Waals surface area contributed by atoms with Crippen LogP contribution in [0.4, 0.5) is 4.39 Å². The lowest BCUT2D eigenvalue weighted by Gasteiger charge is -2.31. The average molecular weight is 444 g/mol. The summed E-state index contributed by atoms with van der Waals surface area (Å²) in [7, 11) is 0. The third kappa shape index (κ3) is 3.81. The van der Waals surface area contributed by atoms with Crippen molar-refractivity contribution in [3.8, 4) is 0 Å². The van der Waals surface area contributed by atoms with Crippen LogP contribution in [0.25, 0.3) is 10.9 Å². The van der Waals surface area contributed by atoms with Crippen LogP contribution in [0.1, 0.15) is 65.2 Å². The average Bonchev–Trinajstić information content (AvgIpc) is 3.47. The van der Waals surface area contributed by atoms with Crippen LogP contribution in [0.5, 0.6) is 0 Å². The summed E-state index contributed by atoms with van der Waals surface area (Å²) < 4.78 is 16.4. The van der Waals surface area contributed by atoms with Crippen molar-refractivity contribution in [2.24, 2.45) is 0 Å². The molecule has 2 aromatic heterocycles. The van der Waals surface area contributed by atoms with Crippen molar-refractivity contribution in [3.63, 3.8) is 0 Å². The maximum absolute atomic E-state index is 14.4. The zero-order chi connectivity index (χ0) is 22.4. The van der Waals surface area contributed by atoms with E-state index in [0.29, 0.717) is 42.7 Å². The molecule has 2 aliphatic rings. The molecule has 33 heavy (non-hydrogen) atoms. The number of piperidine rings is 1. The SMILES string of the molecule is O=C(c1cc2ccccc2n1Cc1ccccc1F)N1CCC(c2nc(C3CC3)n[nH]2)CC1. The van der Waals surface area contributed by atoms with E-state index in [1.54, 1.807) is 12.1 Å². The topological polar surface area (TPSA) is 66.8 Å². The molecule has 2 fully saturated rings. The Balaban J connectivity index is 1.23. The van der Waals surface area contributed by atoms with Gasteiger partial charge in [-0.15, -0.1) is 0 Å². The Labute approximate surface area is 191 Å². The number of fused-ring (bicyclic) bond motifs is 1. The van der Waals surface area contributed by atoms with Gasteiger partial charge in [0, 0.05) is 41.4 Å². The van der Waals surface area contributed by atoms with Gasteiger partial charge >= 0.3 is 0 Å². The highest BCUT2D eigenvalue weighted by atomic mass is 19.1. The number of rotatable bonds is 5. The summed E-state index contributed by atoms with van der Waals surface area (Å²) in [5, 5.41) is 8.50. The number of aromatic nitrogens is 4. The van der Waals surface area contributed by atoms with Crippen molar-refractivity contribution < 1.29 is 9.18 Å². The minimum Gasteiger partial charge on any atom is -0.337 e. The van der Waals surface area contributed by atoms with Crippen LogP contribution < -0.4 is 0 Å². The Bertz CT molecular complexity index is 1310. The van der Waals surface area contributed by atoms with E-state index in [0.717, 1.165) is 35.4 Å². The minimum absolute atomic E-state index is 0.00257. The first-order valence-corrected chi connectivity index (χ1v) is 11.7. The molecular weight excluding hydrogens is 417 g/mol. The van der Waals surface area contributed by atoms with Crippen molar-refractivity contribution in [1.82, 2.24) is 24.6 Å². The number of para-hydroxylation sites is 1. The number of benzene rings is 2. The second kappa shape index (κ2) is 8.14. The largest absolute Gasteiger partial charge is 0.337 e. The number of hydrogen-bond donors (Lipinski definition) is 1. The van der Waals surface area contributed by atoms with Crippen molar-refractivity contribution in [2.45, 2.75) is 44.1 Å². The van der Waals surface area contributed by atoms with Crippen molar-refractivity contribution in [1.29, 1.82) is 0 Å². The zero-order valence-corrected chi connectivity index (χ0v) is 18.4. The molecule has 0 spiro atoms. The quantitative estimate of drug-likeness (QED) is 0.480. The molecular formula is C26H26FN5O. The van der Waals surface area contributed by atoms with Gasteiger partial charge in [-0.25, -0.2) is 9.37 Å². The summed E-state index contributed by atoms with van der Waals surface area (Å²) in [6.07, 6.45) is 4.09. The molecule has 4 aromatic rings. The highest BCUT2D eigenvalue weighted by molar-refractivity contribution is 5.99. The minimum atomic E-state index is -0.257. The summed E-state index contributed by atoms with van der Waals surface area (Å²) in [6.45, 7) is 1.66. The number of aromatic amines is 1. The van der Waals surface area contributed by atoms with E-state index >= 15 is 0 Å². The fourth-order valence-corrected chi connectivity index (χ4v) is 4.87. The Morgan fingerprint density at radius 2 is 1.76 bits per heavy atom. The van der Waals surface area contributed by atoms with Crippen LogP contribution in [0, 0.1) is 5.82 Å². The molecule has 6 rings (SSSR count). The van der Waals surface area contributed by atoms with Gasteiger partial charge in [-0.2, -0.15) is 5.10 Å². The van der Waals surface area contributed by atoms with Crippen LogP contribution >= 0.6 is 0 Å². The van der Waals surface area contributed by atoms with E-state index in [2.05, 4.69) is 10.2 Å². The van der Waals surface area contributed by atoms with Crippen LogP contribution in [0.15, 0.2) is 54.6 Å². The smallest absolute Gasteiger partial charge is 0.270 e. The molecule has 0 radical (unpaired) electrons. The molecule has 1 amide bonds. The molecule has 1 N–H and O–H groups in total. The molecule has 1 aliphatic carbocycles. The Kier molecular flexibility index (Phi) is 4.97. The predicted molar refractivity (Wildman–Crippen MR) is 124 cm³/mol. The molecule has 0 unspecified atom stereocenters. The summed E-state index contributed by atoms with van der Waals surface area (Å²) in [4.78, 5) is 20.2. The van der Waals surface area contributed by atoms with Gasteiger partial charge in [0.25, 0.3) is 5.91 Å². The molecule has 1 aliphatic heterocycles. The number of carbonyl (C=O) groups excluding carboxylic acids is 1. The fraction of sp³-hybridized carbons (Fsp3) is 0.346. The van der Waals surface area contributed by atoms with E-state index in [1.807, 2.05) is 45.9 Å². The van der Waals surface area contributed by atoms with Crippen LogP contribution in [-0.2, 0) is 6.54 Å². The van der Waals surface area contributed by atoms with Crippen LogP contribution in [0.3, 0.4) is 0 Å². The maximum Gasteiger partial charge on any atom is 0.270 e. The molecule has 168 valence electrons. The maximum atomic E-state index is 14.4. The first-order valence-electron chi connectivity index (χ1n) is 11.7. The van der Waals surface area contributed by atoms with E-state index in [1.165, 1.54) is 18.9 Å². The standard InChI is InChI=1S/C26H26FN5O/c27-21-7-3-1-6-20(21)16-32-22-8-4-2-5-19(22)15-23(32)26(33)31-13-11-18(12-14-31)25-28-24(29-30-25)17-9-10-17/h1-8,15,17-18H,9-14,16H2,(H,28,29,30). The summed E-state index contributed by atoms with van der Waals surface area (Å²) >= 11 is 0. The lowest BCUT2D eigenvalue weighted by Crippen LogP contribution is -2.39. The molecule has 1 saturated heterocycles. The monoisotopic (exact) mass is 443 g/mol. The Hall–Kier alpha value is -3.48. The van der Waals surface area contributed by atoms with Gasteiger partial charge in [0.2, 0.25) is 0 Å². The van der Waals surface area contributed by atoms with Gasteiger partial charge in [-0.1, -0.05) is 36.4 Å². The molecule has 7 heteroatoms. The highest BCUT2D eigenvalue weighted by Gasteiger charge is 2.31. The Morgan fingerprint density at radius 3 is 2.55 bits per heavy atom. The van der Waals surface area contributed by atoms with E-state index in [9.17, 15) is 9.18 Å². The van der Waals surface area contributed by atoms with Gasteiger partial charge < -0.3 is 9.47 Å². The summed E-state index contributed by atoms with van der Waals surface area (Å²) in [5.74, 6) is 2.48. The molecule has 0 bridgehead atoms. The predicted octanol–water partition coefficient (Wildman–Crippen LogP) is 4.84. The second-order valence-corrected chi connectivity index (χ2v) is 9.19. The summed E-state index contributed by atoms with van der Waals surface area (Å²) in [5.41, 5.74) is 2.12. The molecule has 0 atom stereocenters. The number of halogens is 1. The van der Waals surface area contributed by atoms with E-state index in [-0.39, 0.29) is 11.7 Å². The second-order valence-electron chi connectivity index (χ2n) is 9.19. The molecule has 1 saturated carbocycles. The van der Waals surface area contributed by atoms with Gasteiger partial charge in [0.15, 0.2) is 5.82 Å². The fourth-order valence-electron chi connectivity index (χ4n) is 4.87. The van der Waals surface area contributed by atoms with Gasteiger partial charge in [-0.3, -0.25) is 9.89 Å².